The molecule has 0 aromatic carbocycles. The van der Waals surface area contributed by atoms with Crippen LogP contribution in [-0.2, 0) is 9.53 Å². The van der Waals surface area contributed by atoms with E-state index >= 15 is 0 Å². The van der Waals surface area contributed by atoms with Crippen LogP contribution in [0.2, 0.25) is 0 Å². The first-order valence-electron chi connectivity index (χ1n) is 6.78. The van der Waals surface area contributed by atoms with Crippen molar-refractivity contribution in [2.24, 2.45) is 5.41 Å². The Morgan fingerprint density at radius 1 is 1.47 bits per heavy atom. The normalized spacial score (nSPS) is 29.5. The summed E-state index contributed by atoms with van der Waals surface area (Å²) in [5.74, 6) is 0.112. The Bertz CT molecular complexity index is 277. The Kier molecular flexibility index (Phi) is 4.05. The number of ether oxygens (including phenoxy) is 1. The third-order valence-corrected chi connectivity index (χ3v) is 4.46. The van der Waals surface area contributed by atoms with Crippen molar-refractivity contribution in [3.8, 4) is 0 Å². The zero-order chi connectivity index (χ0) is 12.3. The van der Waals surface area contributed by atoms with Gasteiger partial charge in [0.25, 0.3) is 0 Å². The number of amides is 1. The first-order chi connectivity index (χ1) is 8.23. The van der Waals surface area contributed by atoms with Gasteiger partial charge in [0.1, 0.15) is 0 Å². The van der Waals surface area contributed by atoms with Crippen LogP contribution < -0.4 is 10.6 Å². The highest BCUT2D eigenvalue weighted by Gasteiger charge is 2.58. The largest absolute Gasteiger partial charge is 0.378 e. The van der Waals surface area contributed by atoms with Crippen molar-refractivity contribution in [2.45, 2.75) is 51.2 Å². The van der Waals surface area contributed by atoms with E-state index in [2.05, 4.69) is 17.6 Å². The molecule has 4 nitrogen and oxygen atoms in total. The molecule has 0 saturated heterocycles. The van der Waals surface area contributed by atoms with Gasteiger partial charge in [-0.25, -0.2) is 0 Å². The van der Waals surface area contributed by atoms with E-state index in [1.54, 1.807) is 7.05 Å². The molecular formula is C13H24N2O2. The molecule has 2 N–H and O–H groups in total. The maximum atomic E-state index is 11.1. The Balaban J connectivity index is 1.74. The van der Waals surface area contributed by atoms with Crippen LogP contribution in [0.1, 0.15) is 39.0 Å². The lowest BCUT2D eigenvalue weighted by molar-refractivity contribution is -0.172. The van der Waals surface area contributed by atoms with Gasteiger partial charge in [-0.05, 0) is 26.2 Å². The molecule has 1 spiro atoms. The van der Waals surface area contributed by atoms with E-state index in [4.69, 9.17) is 4.74 Å². The Labute approximate surface area is 103 Å². The van der Waals surface area contributed by atoms with Gasteiger partial charge >= 0.3 is 0 Å². The molecule has 2 fully saturated rings. The maximum absolute atomic E-state index is 11.1. The lowest BCUT2D eigenvalue weighted by Gasteiger charge is -2.61. The number of nitrogens with one attached hydrogen (secondary N) is 2. The number of carbonyl (C=O) groups is 1. The molecule has 2 aliphatic carbocycles. The summed E-state index contributed by atoms with van der Waals surface area (Å²) in [4.78, 5) is 11.1. The van der Waals surface area contributed by atoms with Gasteiger partial charge in [0.15, 0.2) is 0 Å². The highest BCUT2D eigenvalue weighted by Crippen LogP contribution is 2.57. The van der Waals surface area contributed by atoms with E-state index in [0.29, 0.717) is 24.0 Å². The summed E-state index contributed by atoms with van der Waals surface area (Å²) in [6, 6.07) is 0.567. The number of hydrogen-bond donors (Lipinski definition) is 2. The lowest BCUT2D eigenvalue weighted by Crippen LogP contribution is -2.67. The van der Waals surface area contributed by atoms with Gasteiger partial charge in [-0.2, -0.15) is 0 Å². The van der Waals surface area contributed by atoms with E-state index < -0.39 is 0 Å². The highest BCUT2D eigenvalue weighted by molar-refractivity contribution is 5.75. The van der Waals surface area contributed by atoms with Gasteiger partial charge in [0.2, 0.25) is 5.91 Å². The van der Waals surface area contributed by atoms with Crippen LogP contribution in [0.4, 0.5) is 0 Å². The summed E-state index contributed by atoms with van der Waals surface area (Å²) in [7, 11) is 1.68. The summed E-state index contributed by atoms with van der Waals surface area (Å²) in [6.07, 6.45) is 6.05. The minimum absolute atomic E-state index is 0.112. The standard InChI is InChI=1S/C13H24N2O2/c1-3-17-11-9-10(13(11)6-4-7-13)15-8-5-12(16)14-2/h10-11,15H,3-9H2,1-2H3,(H,14,16). The molecule has 1 amide bonds. The van der Waals surface area contributed by atoms with Crippen LogP contribution in [-0.4, -0.2) is 38.3 Å². The molecule has 2 unspecified atom stereocenters. The second-order valence-electron chi connectivity index (χ2n) is 5.20. The average molecular weight is 240 g/mol. The minimum atomic E-state index is 0.112. The Morgan fingerprint density at radius 2 is 2.24 bits per heavy atom. The molecule has 0 radical (unpaired) electrons. The molecule has 0 aliphatic heterocycles. The van der Waals surface area contributed by atoms with Crippen LogP contribution in [0.15, 0.2) is 0 Å². The molecule has 0 aromatic rings. The van der Waals surface area contributed by atoms with E-state index in [1.165, 1.54) is 19.3 Å². The van der Waals surface area contributed by atoms with Crippen LogP contribution in [0.3, 0.4) is 0 Å². The first kappa shape index (κ1) is 12.8. The molecule has 0 heterocycles. The van der Waals surface area contributed by atoms with Crippen LogP contribution in [0, 0.1) is 5.41 Å². The second-order valence-corrected chi connectivity index (χ2v) is 5.20. The summed E-state index contributed by atoms with van der Waals surface area (Å²) in [5, 5.41) is 6.17. The third-order valence-electron chi connectivity index (χ3n) is 4.46. The number of rotatable bonds is 6. The van der Waals surface area contributed by atoms with Gasteiger partial charge in [-0.3, -0.25) is 4.79 Å². The molecule has 2 aliphatic rings. The summed E-state index contributed by atoms with van der Waals surface area (Å²) >= 11 is 0. The number of carbonyl (C=O) groups excluding carboxylic acids is 1. The molecular weight excluding hydrogens is 216 g/mol. The van der Waals surface area contributed by atoms with Gasteiger partial charge in [-0.1, -0.05) is 6.42 Å². The SMILES string of the molecule is CCOC1CC(NCCC(=O)NC)C12CCC2. The maximum Gasteiger partial charge on any atom is 0.221 e. The molecule has 4 heteroatoms. The molecule has 2 saturated carbocycles. The molecule has 0 bridgehead atoms. The minimum Gasteiger partial charge on any atom is -0.378 e. The van der Waals surface area contributed by atoms with Crippen molar-refractivity contribution in [2.75, 3.05) is 20.2 Å². The predicted molar refractivity (Wildman–Crippen MR) is 66.8 cm³/mol. The fourth-order valence-corrected chi connectivity index (χ4v) is 3.21. The van der Waals surface area contributed by atoms with Crippen molar-refractivity contribution in [1.29, 1.82) is 0 Å². The molecule has 2 rings (SSSR count). The van der Waals surface area contributed by atoms with Crippen molar-refractivity contribution >= 4 is 5.91 Å². The zero-order valence-corrected chi connectivity index (χ0v) is 10.9. The van der Waals surface area contributed by atoms with Gasteiger partial charge in [-0.15, -0.1) is 0 Å². The smallest absolute Gasteiger partial charge is 0.221 e. The highest BCUT2D eigenvalue weighted by atomic mass is 16.5. The summed E-state index contributed by atoms with van der Waals surface area (Å²) in [6.45, 7) is 3.67. The monoisotopic (exact) mass is 240 g/mol. The van der Waals surface area contributed by atoms with Crippen molar-refractivity contribution in [3.63, 3.8) is 0 Å². The fraction of sp³-hybridized carbons (Fsp3) is 0.923. The van der Waals surface area contributed by atoms with Gasteiger partial charge in [0.05, 0.1) is 6.10 Å². The van der Waals surface area contributed by atoms with Crippen molar-refractivity contribution in [1.82, 2.24) is 10.6 Å². The van der Waals surface area contributed by atoms with E-state index in [-0.39, 0.29) is 5.91 Å². The Morgan fingerprint density at radius 3 is 2.76 bits per heavy atom. The topological polar surface area (TPSA) is 50.4 Å². The Hall–Kier alpha value is -0.610. The van der Waals surface area contributed by atoms with Crippen LogP contribution >= 0.6 is 0 Å². The molecule has 98 valence electrons. The summed E-state index contributed by atoms with van der Waals surface area (Å²) < 4.78 is 5.80. The predicted octanol–water partition coefficient (Wildman–Crippen LogP) is 1.06. The van der Waals surface area contributed by atoms with Gasteiger partial charge < -0.3 is 15.4 Å². The summed E-state index contributed by atoms with van der Waals surface area (Å²) in [5.41, 5.74) is 0.401. The number of hydrogen-bond acceptors (Lipinski definition) is 3. The van der Waals surface area contributed by atoms with Crippen LogP contribution in [0.5, 0.6) is 0 Å². The average Bonchev–Trinajstić information content (AvgIpc) is 2.24. The van der Waals surface area contributed by atoms with E-state index in [0.717, 1.165) is 19.6 Å². The first-order valence-corrected chi connectivity index (χ1v) is 6.78. The van der Waals surface area contributed by atoms with Crippen molar-refractivity contribution < 1.29 is 9.53 Å². The molecule has 0 aromatic heterocycles. The quantitative estimate of drug-likeness (QED) is 0.730. The van der Waals surface area contributed by atoms with Crippen LogP contribution in [0.25, 0.3) is 0 Å². The van der Waals surface area contributed by atoms with E-state index in [1.807, 2.05) is 0 Å². The zero-order valence-electron chi connectivity index (χ0n) is 10.9. The van der Waals surface area contributed by atoms with E-state index in [9.17, 15) is 4.79 Å². The van der Waals surface area contributed by atoms with Crippen molar-refractivity contribution in [3.05, 3.63) is 0 Å². The van der Waals surface area contributed by atoms with Gasteiger partial charge in [0, 0.05) is 38.1 Å². The molecule has 2 atom stereocenters. The second kappa shape index (κ2) is 5.36. The lowest BCUT2D eigenvalue weighted by atomic mass is 9.51. The fourth-order valence-electron chi connectivity index (χ4n) is 3.21. The molecule has 17 heavy (non-hydrogen) atoms. The third kappa shape index (κ3) is 2.33.